The molecule has 0 amide bonds. The van der Waals surface area contributed by atoms with Crippen molar-refractivity contribution in [1.82, 2.24) is 0 Å². The van der Waals surface area contributed by atoms with Crippen LogP contribution in [-0.2, 0) is 5.54 Å². The summed E-state index contributed by atoms with van der Waals surface area (Å²) in [6, 6.07) is 20.2. The Kier molecular flexibility index (Phi) is 4.23. The van der Waals surface area contributed by atoms with Crippen molar-refractivity contribution in [2.75, 3.05) is 11.9 Å². The highest BCUT2D eigenvalue weighted by atomic mass is 16.3. The second kappa shape index (κ2) is 5.89. The van der Waals surface area contributed by atoms with Gasteiger partial charge in [0, 0.05) is 5.69 Å². The fourth-order valence-corrected chi connectivity index (χ4v) is 2.38. The molecule has 2 N–H and O–H groups in total. The lowest BCUT2D eigenvalue weighted by Crippen LogP contribution is -2.44. The minimum absolute atomic E-state index is 0.0591. The SMILES string of the molecule is CC(C)C(CO)(Nc1ccccc1)c1ccccc1. The van der Waals surface area contributed by atoms with Crippen LogP contribution in [0.4, 0.5) is 5.69 Å². The van der Waals surface area contributed by atoms with Crippen LogP contribution in [0.1, 0.15) is 19.4 Å². The van der Waals surface area contributed by atoms with Crippen LogP contribution in [0.2, 0.25) is 0 Å². The maximum Gasteiger partial charge on any atom is 0.0879 e. The molecular weight excluding hydrogens is 234 g/mol. The average Bonchev–Trinajstić information content (AvgIpc) is 2.46. The smallest absolute Gasteiger partial charge is 0.0879 e. The van der Waals surface area contributed by atoms with E-state index in [0.29, 0.717) is 0 Å². The van der Waals surface area contributed by atoms with Crippen molar-refractivity contribution in [3.63, 3.8) is 0 Å². The third kappa shape index (κ3) is 2.79. The van der Waals surface area contributed by atoms with E-state index in [0.717, 1.165) is 11.3 Å². The minimum Gasteiger partial charge on any atom is -0.394 e. The van der Waals surface area contributed by atoms with Gasteiger partial charge in [-0.15, -0.1) is 0 Å². The average molecular weight is 255 g/mol. The molecule has 0 spiro atoms. The number of aliphatic hydroxyl groups is 1. The summed E-state index contributed by atoms with van der Waals surface area (Å²) in [4.78, 5) is 0. The van der Waals surface area contributed by atoms with Crippen LogP contribution in [0.5, 0.6) is 0 Å². The Balaban J connectivity index is 2.41. The normalized spacial score (nSPS) is 14.1. The first-order valence-electron chi connectivity index (χ1n) is 6.68. The molecule has 2 rings (SSSR count). The topological polar surface area (TPSA) is 32.3 Å². The van der Waals surface area contributed by atoms with Crippen LogP contribution in [0, 0.1) is 5.92 Å². The molecule has 0 radical (unpaired) electrons. The summed E-state index contributed by atoms with van der Waals surface area (Å²) in [7, 11) is 0. The predicted octanol–water partition coefficient (Wildman–Crippen LogP) is 3.64. The number of rotatable bonds is 5. The van der Waals surface area contributed by atoms with Crippen LogP contribution >= 0.6 is 0 Å². The zero-order chi connectivity index (χ0) is 13.7. The predicted molar refractivity (Wildman–Crippen MR) is 80.1 cm³/mol. The van der Waals surface area contributed by atoms with Crippen molar-refractivity contribution in [1.29, 1.82) is 0 Å². The lowest BCUT2D eigenvalue weighted by atomic mass is 9.80. The quantitative estimate of drug-likeness (QED) is 0.855. The molecule has 0 aromatic heterocycles. The molecule has 2 aromatic carbocycles. The van der Waals surface area contributed by atoms with E-state index in [2.05, 4.69) is 31.3 Å². The van der Waals surface area contributed by atoms with E-state index >= 15 is 0 Å². The summed E-state index contributed by atoms with van der Waals surface area (Å²) in [5, 5.41) is 13.5. The van der Waals surface area contributed by atoms with E-state index in [-0.39, 0.29) is 12.5 Å². The molecular formula is C17H21NO. The largest absolute Gasteiger partial charge is 0.394 e. The van der Waals surface area contributed by atoms with E-state index in [1.54, 1.807) is 0 Å². The zero-order valence-corrected chi connectivity index (χ0v) is 11.5. The maximum absolute atomic E-state index is 10.00. The number of hydrogen-bond acceptors (Lipinski definition) is 2. The van der Waals surface area contributed by atoms with Crippen LogP contribution in [0.15, 0.2) is 60.7 Å². The van der Waals surface area contributed by atoms with Crippen molar-refractivity contribution in [3.8, 4) is 0 Å². The van der Waals surface area contributed by atoms with Gasteiger partial charge in [-0.1, -0.05) is 62.4 Å². The first kappa shape index (κ1) is 13.6. The highest BCUT2D eigenvalue weighted by Gasteiger charge is 2.34. The number of para-hydroxylation sites is 1. The summed E-state index contributed by atoms with van der Waals surface area (Å²) >= 11 is 0. The first-order valence-corrected chi connectivity index (χ1v) is 6.68. The Morgan fingerprint density at radius 2 is 1.47 bits per heavy atom. The Morgan fingerprint density at radius 1 is 0.947 bits per heavy atom. The van der Waals surface area contributed by atoms with E-state index in [9.17, 15) is 5.11 Å². The maximum atomic E-state index is 10.00. The third-order valence-corrected chi connectivity index (χ3v) is 3.67. The van der Waals surface area contributed by atoms with Crippen molar-refractivity contribution in [2.45, 2.75) is 19.4 Å². The van der Waals surface area contributed by atoms with Gasteiger partial charge in [0.2, 0.25) is 0 Å². The lowest BCUT2D eigenvalue weighted by Gasteiger charge is -2.38. The van der Waals surface area contributed by atoms with E-state index in [1.165, 1.54) is 0 Å². The molecule has 0 saturated carbocycles. The monoisotopic (exact) mass is 255 g/mol. The van der Waals surface area contributed by atoms with Gasteiger partial charge >= 0.3 is 0 Å². The van der Waals surface area contributed by atoms with Gasteiger partial charge in [0.1, 0.15) is 0 Å². The van der Waals surface area contributed by atoms with Gasteiger partial charge in [-0.25, -0.2) is 0 Å². The standard InChI is InChI=1S/C17H21NO/c1-14(2)17(13-19,15-9-5-3-6-10-15)18-16-11-7-4-8-12-16/h3-12,14,18-19H,13H2,1-2H3. The van der Waals surface area contributed by atoms with E-state index < -0.39 is 5.54 Å². The molecule has 0 aliphatic carbocycles. The van der Waals surface area contributed by atoms with Gasteiger partial charge < -0.3 is 10.4 Å². The molecule has 2 aromatic rings. The molecule has 0 saturated heterocycles. The molecule has 0 aliphatic heterocycles. The van der Waals surface area contributed by atoms with Gasteiger partial charge in [-0.2, -0.15) is 0 Å². The highest BCUT2D eigenvalue weighted by Crippen LogP contribution is 2.33. The summed E-state index contributed by atoms with van der Waals surface area (Å²) in [5.41, 5.74) is 1.67. The molecule has 1 unspecified atom stereocenters. The van der Waals surface area contributed by atoms with Gasteiger partial charge in [-0.05, 0) is 23.6 Å². The number of benzene rings is 2. The van der Waals surface area contributed by atoms with Gasteiger partial charge in [0.05, 0.1) is 12.1 Å². The molecule has 0 heterocycles. The Labute approximate surface area is 115 Å². The molecule has 0 bridgehead atoms. The van der Waals surface area contributed by atoms with Gasteiger partial charge in [0.15, 0.2) is 0 Å². The summed E-state index contributed by atoms with van der Waals surface area (Å²) in [6.07, 6.45) is 0. The van der Waals surface area contributed by atoms with Gasteiger partial charge in [0.25, 0.3) is 0 Å². The second-order valence-electron chi connectivity index (χ2n) is 5.14. The minimum atomic E-state index is -0.456. The Bertz CT molecular complexity index is 495. The fourth-order valence-electron chi connectivity index (χ4n) is 2.38. The first-order chi connectivity index (χ1) is 9.19. The fraction of sp³-hybridized carbons (Fsp3) is 0.294. The second-order valence-corrected chi connectivity index (χ2v) is 5.14. The van der Waals surface area contributed by atoms with E-state index in [1.807, 2.05) is 48.5 Å². The highest BCUT2D eigenvalue weighted by molar-refractivity contribution is 5.48. The molecule has 1 atom stereocenters. The number of nitrogens with one attached hydrogen (secondary N) is 1. The molecule has 0 aliphatic rings. The molecule has 2 heteroatoms. The summed E-state index contributed by atoms with van der Waals surface area (Å²) in [6.45, 7) is 4.31. The van der Waals surface area contributed by atoms with Crippen molar-refractivity contribution >= 4 is 5.69 Å². The lowest BCUT2D eigenvalue weighted by molar-refractivity contribution is 0.172. The Morgan fingerprint density at radius 3 is 1.95 bits per heavy atom. The third-order valence-electron chi connectivity index (χ3n) is 3.67. The van der Waals surface area contributed by atoms with Crippen molar-refractivity contribution < 1.29 is 5.11 Å². The summed E-state index contributed by atoms with van der Waals surface area (Å²) in [5.74, 6) is 0.264. The molecule has 100 valence electrons. The summed E-state index contributed by atoms with van der Waals surface area (Å²) < 4.78 is 0. The molecule has 0 fully saturated rings. The van der Waals surface area contributed by atoms with Crippen LogP contribution < -0.4 is 5.32 Å². The Hall–Kier alpha value is -1.80. The van der Waals surface area contributed by atoms with Crippen molar-refractivity contribution in [2.24, 2.45) is 5.92 Å². The van der Waals surface area contributed by atoms with Crippen LogP contribution in [0.25, 0.3) is 0 Å². The number of hydrogen-bond donors (Lipinski definition) is 2. The van der Waals surface area contributed by atoms with Crippen LogP contribution in [-0.4, -0.2) is 11.7 Å². The molecule has 19 heavy (non-hydrogen) atoms. The van der Waals surface area contributed by atoms with E-state index in [4.69, 9.17) is 0 Å². The van der Waals surface area contributed by atoms with Crippen molar-refractivity contribution in [3.05, 3.63) is 66.2 Å². The van der Waals surface area contributed by atoms with Crippen LogP contribution in [0.3, 0.4) is 0 Å². The number of anilines is 1. The molecule has 2 nitrogen and oxygen atoms in total. The zero-order valence-electron chi connectivity index (χ0n) is 11.5. The number of aliphatic hydroxyl groups excluding tert-OH is 1. The van der Waals surface area contributed by atoms with Gasteiger partial charge in [-0.3, -0.25) is 0 Å².